The molecule has 6 heteroatoms. The van der Waals surface area contributed by atoms with Crippen LogP contribution in [0.2, 0.25) is 0 Å². The maximum atomic E-state index is 12.4. The summed E-state index contributed by atoms with van der Waals surface area (Å²) in [7, 11) is 0. The number of aliphatic hydroxyl groups is 2. The summed E-state index contributed by atoms with van der Waals surface area (Å²) in [6, 6.07) is -0.621. The third-order valence-electron chi connectivity index (χ3n) is 17.6. The molecular weight excluding hydrogens is 983 g/mol. The largest absolute Gasteiger partial charge is 0.466 e. The number of amides is 1. The SMILES string of the molecule is CCCCCCCCCC/C=C/C(O)C(CO)NC(=O)CCCCCCCCCCCCCCCCCCCCCCCCCCCCCCCCCCCCCCCOC(=O)CCCCCCCCCCCCCCCCCC. The van der Waals surface area contributed by atoms with Crippen LogP contribution in [0.4, 0.5) is 0 Å². The Morgan fingerprint density at radius 2 is 0.575 bits per heavy atom. The van der Waals surface area contributed by atoms with Crippen LogP contribution in [-0.2, 0) is 14.3 Å². The van der Waals surface area contributed by atoms with Crippen molar-refractivity contribution in [1.29, 1.82) is 0 Å². The van der Waals surface area contributed by atoms with Crippen molar-refractivity contribution in [1.82, 2.24) is 5.32 Å². The fourth-order valence-corrected chi connectivity index (χ4v) is 11.9. The zero-order chi connectivity index (χ0) is 57.8. The summed E-state index contributed by atoms with van der Waals surface area (Å²) in [5.74, 6) is -0.0345. The Balaban J connectivity index is 3.26. The van der Waals surface area contributed by atoms with Crippen molar-refractivity contribution in [3.05, 3.63) is 12.2 Å². The molecule has 0 saturated heterocycles. The summed E-state index contributed by atoms with van der Waals surface area (Å²) in [4.78, 5) is 24.5. The van der Waals surface area contributed by atoms with Crippen LogP contribution in [0.5, 0.6) is 0 Å². The summed E-state index contributed by atoms with van der Waals surface area (Å²) in [6.45, 7) is 4.93. The lowest BCUT2D eigenvalue weighted by Crippen LogP contribution is -2.45. The molecule has 3 N–H and O–H groups in total. The molecule has 0 rings (SSSR count). The maximum Gasteiger partial charge on any atom is 0.305 e. The Labute approximate surface area is 501 Å². The molecule has 80 heavy (non-hydrogen) atoms. The fraction of sp³-hybridized carbons (Fsp3) is 0.946. The average Bonchev–Trinajstić information content (AvgIpc) is 3.46. The van der Waals surface area contributed by atoms with Crippen molar-refractivity contribution in [3.63, 3.8) is 0 Å². The normalized spacial score (nSPS) is 12.5. The van der Waals surface area contributed by atoms with E-state index in [-0.39, 0.29) is 18.5 Å². The number of aliphatic hydroxyl groups excluding tert-OH is 2. The summed E-state index contributed by atoms with van der Waals surface area (Å²) < 4.78 is 5.51. The number of unbranched alkanes of at least 4 members (excludes halogenated alkanes) is 59. The van der Waals surface area contributed by atoms with Crippen LogP contribution in [-0.4, -0.2) is 47.4 Å². The van der Waals surface area contributed by atoms with E-state index in [0.29, 0.717) is 19.4 Å². The van der Waals surface area contributed by atoms with E-state index in [1.807, 2.05) is 6.08 Å². The molecule has 0 aliphatic heterocycles. The van der Waals surface area contributed by atoms with Gasteiger partial charge in [0.2, 0.25) is 5.91 Å². The lowest BCUT2D eigenvalue weighted by molar-refractivity contribution is -0.143. The van der Waals surface area contributed by atoms with E-state index >= 15 is 0 Å². The average molecular weight is 1130 g/mol. The highest BCUT2D eigenvalue weighted by atomic mass is 16.5. The first kappa shape index (κ1) is 78.6. The van der Waals surface area contributed by atoms with Crippen LogP contribution in [0, 0.1) is 0 Å². The highest BCUT2D eigenvalue weighted by Crippen LogP contribution is 2.20. The number of hydrogen-bond acceptors (Lipinski definition) is 5. The van der Waals surface area contributed by atoms with E-state index in [4.69, 9.17) is 4.74 Å². The second-order valence-electron chi connectivity index (χ2n) is 25.6. The molecule has 0 heterocycles. The van der Waals surface area contributed by atoms with Crippen LogP contribution in [0.15, 0.2) is 12.2 Å². The van der Waals surface area contributed by atoms with Crippen LogP contribution in [0.1, 0.15) is 425 Å². The smallest absolute Gasteiger partial charge is 0.305 e. The number of rotatable bonds is 70. The Hall–Kier alpha value is -1.40. The van der Waals surface area contributed by atoms with E-state index < -0.39 is 12.1 Å². The first-order valence-corrected chi connectivity index (χ1v) is 37.0. The molecule has 0 aromatic heterocycles. The molecular formula is C74H145NO5. The molecule has 0 aromatic rings. The molecule has 2 unspecified atom stereocenters. The predicted octanol–water partition coefficient (Wildman–Crippen LogP) is 23.9. The molecule has 0 aliphatic carbocycles. The number of allylic oxidation sites excluding steroid dienone is 1. The number of hydrogen-bond donors (Lipinski definition) is 3. The summed E-state index contributed by atoms with van der Waals surface area (Å²) in [5, 5.41) is 23.0. The zero-order valence-electron chi connectivity index (χ0n) is 54.6. The molecule has 0 aliphatic rings. The summed E-state index contributed by atoms with van der Waals surface area (Å²) >= 11 is 0. The van der Waals surface area contributed by atoms with Gasteiger partial charge in [-0.25, -0.2) is 0 Å². The van der Waals surface area contributed by atoms with Gasteiger partial charge in [-0.1, -0.05) is 392 Å². The van der Waals surface area contributed by atoms with Crippen molar-refractivity contribution in [3.8, 4) is 0 Å². The van der Waals surface area contributed by atoms with Gasteiger partial charge in [-0.3, -0.25) is 9.59 Å². The molecule has 0 saturated carbocycles. The Bertz CT molecular complexity index is 1210. The van der Waals surface area contributed by atoms with Crippen LogP contribution in [0.25, 0.3) is 0 Å². The van der Waals surface area contributed by atoms with Gasteiger partial charge in [0.1, 0.15) is 0 Å². The van der Waals surface area contributed by atoms with Crippen molar-refractivity contribution in [2.75, 3.05) is 13.2 Å². The van der Waals surface area contributed by atoms with E-state index in [2.05, 4.69) is 19.2 Å². The quantitative estimate of drug-likeness (QED) is 0.0320. The first-order chi connectivity index (χ1) is 39.5. The number of carbonyl (C=O) groups excluding carboxylic acids is 2. The van der Waals surface area contributed by atoms with Crippen molar-refractivity contribution in [2.24, 2.45) is 0 Å². The molecule has 0 fully saturated rings. The summed E-state index contributed by atoms with van der Waals surface area (Å²) in [6.07, 6.45) is 87.7. The minimum atomic E-state index is -0.837. The molecule has 476 valence electrons. The van der Waals surface area contributed by atoms with Gasteiger partial charge in [-0.05, 0) is 32.1 Å². The van der Waals surface area contributed by atoms with Gasteiger partial charge in [0.25, 0.3) is 0 Å². The fourth-order valence-electron chi connectivity index (χ4n) is 11.9. The molecule has 0 spiro atoms. The van der Waals surface area contributed by atoms with Gasteiger partial charge in [0, 0.05) is 12.8 Å². The molecule has 0 radical (unpaired) electrons. The van der Waals surface area contributed by atoms with Crippen molar-refractivity contribution in [2.45, 2.75) is 437 Å². The molecule has 0 bridgehead atoms. The third-order valence-corrected chi connectivity index (χ3v) is 17.6. The number of esters is 1. The van der Waals surface area contributed by atoms with Crippen molar-refractivity contribution < 1.29 is 24.5 Å². The van der Waals surface area contributed by atoms with E-state index in [1.54, 1.807) is 6.08 Å². The van der Waals surface area contributed by atoms with Gasteiger partial charge in [-0.15, -0.1) is 0 Å². The highest BCUT2D eigenvalue weighted by molar-refractivity contribution is 5.76. The van der Waals surface area contributed by atoms with Gasteiger partial charge in [0.15, 0.2) is 0 Å². The van der Waals surface area contributed by atoms with Crippen LogP contribution >= 0.6 is 0 Å². The van der Waals surface area contributed by atoms with Crippen LogP contribution < -0.4 is 5.32 Å². The predicted molar refractivity (Wildman–Crippen MR) is 352 cm³/mol. The second kappa shape index (κ2) is 70.1. The lowest BCUT2D eigenvalue weighted by atomic mass is 10.0. The zero-order valence-corrected chi connectivity index (χ0v) is 54.6. The lowest BCUT2D eigenvalue weighted by Gasteiger charge is -2.20. The molecule has 0 aromatic carbocycles. The summed E-state index contributed by atoms with van der Waals surface area (Å²) in [5.41, 5.74) is 0. The van der Waals surface area contributed by atoms with E-state index in [9.17, 15) is 19.8 Å². The van der Waals surface area contributed by atoms with E-state index in [1.165, 1.54) is 360 Å². The Morgan fingerprint density at radius 3 is 0.850 bits per heavy atom. The number of ether oxygens (including phenoxy) is 1. The van der Waals surface area contributed by atoms with Crippen molar-refractivity contribution >= 4 is 11.9 Å². The maximum absolute atomic E-state index is 12.4. The van der Waals surface area contributed by atoms with Gasteiger partial charge >= 0.3 is 5.97 Å². The molecule has 6 nitrogen and oxygen atoms in total. The van der Waals surface area contributed by atoms with Crippen LogP contribution in [0.3, 0.4) is 0 Å². The highest BCUT2D eigenvalue weighted by Gasteiger charge is 2.18. The number of nitrogens with one attached hydrogen (secondary N) is 1. The van der Waals surface area contributed by atoms with Gasteiger partial charge in [0.05, 0.1) is 25.4 Å². The molecule has 1 amide bonds. The van der Waals surface area contributed by atoms with E-state index in [0.717, 1.165) is 38.5 Å². The third kappa shape index (κ3) is 65.7. The first-order valence-electron chi connectivity index (χ1n) is 37.0. The topological polar surface area (TPSA) is 95.9 Å². The second-order valence-corrected chi connectivity index (χ2v) is 25.6. The molecule has 2 atom stereocenters. The minimum Gasteiger partial charge on any atom is -0.466 e. The number of carbonyl (C=O) groups is 2. The Kier molecular flexibility index (Phi) is 68.9. The minimum absolute atomic E-state index is 0.0275. The Morgan fingerprint density at radius 1 is 0.338 bits per heavy atom. The monoisotopic (exact) mass is 1130 g/mol. The van der Waals surface area contributed by atoms with Gasteiger partial charge in [-0.2, -0.15) is 0 Å². The van der Waals surface area contributed by atoms with Gasteiger partial charge < -0.3 is 20.3 Å². The standard InChI is InChI=1S/C74H145NO5/c1-3-5-7-9-11-13-15-16-17-42-45-48-52-56-60-64-68-74(79)80-69-65-61-57-53-49-46-43-40-38-36-34-32-30-28-26-24-22-20-18-19-21-23-25-27-29-31-33-35-37-39-41-44-47-51-55-59-63-67-73(78)75-71(70-76)72(77)66-62-58-54-50-14-12-10-8-6-4-2/h62,66,71-72,76-77H,3-61,63-65,67-70H2,1-2H3,(H,75,78)/b66-62+.